The van der Waals surface area contributed by atoms with E-state index in [4.69, 9.17) is 48.2 Å². The number of hydrogen-bond donors (Lipinski definition) is 0. The number of nitrogens with zero attached hydrogens (tertiary/aromatic N) is 3. The first-order valence-electron chi connectivity index (χ1n) is 19.0. The molecule has 0 aliphatic carbocycles. The van der Waals surface area contributed by atoms with Gasteiger partial charge >= 0.3 is 204 Å². The number of nitro groups is 1. The number of benzene rings is 4. The Morgan fingerprint density at radius 3 is 1.47 bits per heavy atom. The van der Waals surface area contributed by atoms with Crippen LogP contribution >= 0.6 is 38.8 Å². The van der Waals surface area contributed by atoms with Crippen LogP contribution in [0.1, 0.15) is 89.6 Å². The molecule has 0 aromatic heterocycles. The summed E-state index contributed by atoms with van der Waals surface area (Å²) in [5.74, 6) is 1.39. The maximum absolute atomic E-state index is 10.7. The van der Waals surface area contributed by atoms with Gasteiger partial charge < -0.3 is 9.80 Å². The van der Waals surface area contributed by atoms with Crippen LogP contribution in [0.5, 0.6) is 11.5 Å². The molecule has 0 bridgehead atoms. The van der Waals surface area contributed by atoms with Crippen molar-refractivity contribution in [2.24, 2.45) is 0 Å². The van der Waals surface area contributed by atoms with Crippen molar-refractivity contribution in [3.8, 4) is 11.5 Å². The maximum Gasteiger partial charge on any atom is 0.0130 e. The SMILES string of the molecule is CC(C)Oc1ccc([N+](=O)[O-])cc1[CH]=[Ru]([Cl])[Cl].COc1ccc(C)cc1[CH]=[Ru]([Cl])[Cl].Cc1cc(C)c(N2[CH-]CCC2)c(C)c1.Cc1cc(C)c(N2[CH-]CCC2)c(C)c1. The van der Waals surface area contributed by atoms with Crippen LogP contribution < -0.4 is 19.3 Å². The zero-order chi connectivity index (χ0) is 43.1. The summed E-state index contributed by atoms with van der Waals surface area (Å²) in [6.07, 6.45) is 5.04. The van der Waals surface area contributed by atoms with Gasteiger partial charge in [0.2, 0.25) is 0 Å². The molecule has 4 aromatic carbocycles. The molecule has 0 amide bonds. The molecule has 13 heteroatoms. The fraction of sp³-hybridized carbons (Fsp3) is 0.378. The maximum atomic E-state index is 10.7. The van der Waals surface area contributed by atoms with Crippen LogP contribution in [-0.4, -0.2) is 40.4 Å². The number of anilines is 2. The van der Waals surface area contributed by atoms with Gasteiger partial charge in [0.15, 0.2) is 0 Å². The predicted molar refractivity (Wildman–Crippen MR) is 243 cm³/mol. The summed E-state index contributed by atoms with van der Waals surface area (Å²) in [6.45, 7) is 26.0. The van der Waals surface area contributed by atoms with Crippen LogP contribution in [0.2, 0.25) is 0 Å². The molecule has 0 atom stereocenters. The van der Waals surface area contributed by atoms with E-state index in [1.54, 1.807) is 17.8 Å². The van der Waals surface area contributed by atoms with Gasteiger partial charge in [0, 0.05) is 11.4 Å². The Balaban J connectivity index is 0.000000208. The molecule has 4 aromatic rings. The van der Waals surface area contributed by atoms with E-state index >= 15 is 0 Å². The molecular formula is C45H57Cl4N3O4Ru2-2. The first kappa shape index (κ1) is 50.0. The topological polar surface area (TPSA) is 68.1 Å². The summed E-state index contributed by atoms with van der Waals surface area (Å²) in [5.41, 5.74) is 13.9. The molecule has 0 N–H and O–H groups in total. The van der Waals surface area contributed by atoms with Gasteiger partial charge in [-0.3, -0.25) is 0 Å². The number of non-ortho nitro benzene ring substituents is 1. The Labute approximate surface area is 373 Å². The number of halogens is 4. The van der Waals surface area contributed by atoms with E-state index in [1.807, 2.05) is 43.6 Å². The molecule has 2 aliphatic heterocycles. The molecule has 0 spiro atoms. The molecule has 0 saturated carbocycles. The van der Waals surface area contributed by atoms with Crippen molar-refractivity contribution in [2.75, 3.05) is 30.0 Å². The summed E-state index contributed by atoms with van der Waals surface area (Å²) < 4.78 is 14.2. The van der Waals surface area contributed by atoms with Gasteiger partial charge in [0.1, 0.15) is 0 Å². The minimum Gasteiger partial charge on any atom is -0.522 e. The van der Waals surface area contributed by atoms with Crippen LogP contribution in [0, 0.1) is 71.7 Å². The first-order valence-corrected chi connectivity index (χ1v) is 30.0. The van der Waals surface area contributed by atoms with Crippen LogP contribution in [0.15, 0.2) is 60.7 Å². The summed E-state index contributed by atoms with van der Waals surface area (Å²) >= 11 is -3.81. The second kappa shape index (κ2) is 24.8. The van der Waals surface area contributed by atoms with Crippen molar-refractivity contribution >= 4 is 65.0 Å². The van der Waals surface area contributed by atoms with Gasteiger partial charge in [0.25, 0.3) is 0 Å². The Bertz CT molecular complexity index is 1940. The smallest absolute Gasteiger partial charge is 0.0130 e. The summed E-state index contributed by atoms with van der Waals surface area (Å²) in [4.78, 5) is 15.0. The van der Waals surface area contributed by atoms with Gasteiger partial charge in [-0.1, -0.05) is 48.2 Å². The predicted octanol–water partition coefficient (Wildman–Crippen LogP) is 13.3. The average Bonchev–Trinajstić information content (AvgIpc) is 3.84. The Morgan fingerprint density at radius 1 is 0.672 bits per heavy atom. The minimum absolute atomic E-state index is 0.00360. The second-order valence-electron chi connectivity index (χ2n) is 14.5. The Hall–Kier alpha value is -2.37. The number of nitro benzene ring substituents is 1. The summed E-state index contributed by atoms with van der Waals surface area (Å²) in [5, 5.41) is 10.7. The van der Waals surface area contributed by atoms with Crippen LogP contribution in [0.3, 0.4) is 0 Å². The number of hydrogen-bond acceptors (Lipinski definition) is 6. The van der Waals surface area contributed by atoms with Crippen LogP contribution in [0.4, 0.5) is 17.1 Å². The van der Waals surface area contributed by atoms with E-state index in [0.29, 0.717) is 11.3 Å². The summed E-state index contributed by atoms with van der Waals surface area (Å²) in [7, 11) is 24.8. The van der Waals surface area contributed by atoms with E-state index < -0.39 is 32.0 Å². The number of aryl methyl sites for hydroxylation is 7. The molecule has 2 heterocycles. The molecule has 58 heavy (non-hydrogen) atoms. The molecule has 322 valence electrons. The standard InChI is InChI=1S/2C13H18N.C10H11NO3.C9H10O.4ClH.2Ru/c2*1-10-8-11(2)13(12(3)9-10)14-6-4-5-7-14;1-7(2)14-10-5-4-9(11(12)13)6-8(10)3;1-7-4-5-9(10-3)8(2)6-7;;;;;;/h2*6,8-9H,4-5,7H2,1-3H3;3-7H,1-2H3;2,4-6H,1,3H3;4*1H;;/q2*-1;;;;;;;2*+2/p-4. The molecule has 2 fully saturated rings. The van der Waals surface area contributed by atoms with Gasteiger partial charge in [-0.2, -0.15) is 12.8 Å². The zero-order valence-electron chi connectivity index (χ0n) is 35.1. The van der Waals surface area contributed by atoms with Crippen LogP contribution in [-0.2, 0) is 27.0 Å². The molecule has 6 rings (SSSR count). The fourth-order valence-corrected chi connectivity index (χ4v) is 10.6. The molecule has 2 saturated heterocycles. The van der Waals surface area contributed by atoms with Crippen LogP contribution in [0.25, 0.3) is 0 Å². The largest absolute Gasteiger partial charge is 0.522 e. The Kier molecular flexibility index (Phi) is 21.4. The molecular weight excluding hydrogens is 990 g/mol. The number of ether oxygens (including phenoxy) is 2. The third-order valence-electron chi connectivity index (χ3n) is 9.08. The average molecular weight is 1050 g/mol. The minimum atomic E-state index is -2.05. The van der Waals surface area contributed by atoms with Gasteiger partial charge in [0.05, 0.1) is 0 Å². The van der Waals surface area contributed by atoms with Crippen molar-refractivity contribution in [3.63, 3.8) is 0 Å². The number of rotatable bonds is 8. The molecule has 0 unspecified atom stereocenters. The van der Waals surface area contributed by atoms with Crippen molar-refractivity contribution in [1.82, 2.24) is 0 Å². The van der Waals surface area contributed by atoms with Crippen molar-refractivity contribution in [2.45, 2.75) is 94.1 Å². The van der Waals surface area contributed by atoms with Crippen molar-refractivity contribution in [3.05, 3.63) is 134 Å². The van der Waals surface area contributed by atoms with E-state index in [2.05, 4.69) is 88.7 Å². The third kappa shape index (κ3) is 16.2. The van der Waals surface area contributed by atoms with Gasteiger partial charge in [-0.15, -0.1) is 0 Å². The zero-order valence-corrected chi connectivity index (χ0v) is 41.6. The van der Waals surface area contributed by atoms with Crippen molar-refractivity contribution in [1.29, 1.82) is 0 Å². The third-order valence-corrected chi connectivity index (χ3v) is 12.7. The monoisotopic (exact) mass is 1050 g/mol. The molecule has 0 radical (unpaired) electrons. The summed E-state index contributed by atoms with van der Waals surface area (Å²) in [6, 6.07) is 19.4. The first-order chi connectivity index (χ1) is 27.4. The molecule has 2 aliphatic rings. The normalized spacial score (nSPS) is 13.6. The van der Waals surface area contributed by atoms with E-state index in [9.17, 15) is 10.1 Å². The quantitative estimate of drug-likeness (QED) is 0.0758. The van der Waals surface area contributed by atoms with Crippen molar-refractivity contribution < 1.29 is 41.4 Å². The second-order valence-corrected chi connectivity index (χ2v) is 26.0. The molecule has 7 nitrogen and oxygen atoms in total. The van der Waals surface area contributed by atoms with E-state index in [1.165, 1.54) is 101 Å². The fourth-order valence-electron chi connectivity index (χ4n) is 7.05. The Morgan fingerprint density at radius 2 is 1.10 bits per heavy atom. The van der Waals surface area contributed by atoms with E-state index in [-0.39, 0.29) is 11.8 Å². The van der Waals surface area contributed by atoms with Gasteiger partial charge in [-0.05, 0) is 76.9 Å². The number of methoxy groups -OCH3 is 1. The van der Waals surface area contributed by atoms with E-state index in [0.717, 1.165) is 11.3 Å². The van der Waals surface area contributed by atoms with Gasteiger partial charge in [-0.25, -0.2) is 13.1 Å².